The van der Waals surface area contributed by atoms with Crippen LogP contribution in [0.15, 0.2) is 6.20 Å². The molecule has 3 N–H and O–H groups in total. The van der Waals surface area contributed by atoms with Crippen LogP contribution in [-0.2, 0) is 11.8 Å². The maximum atomic E-state index is 11.9. The van der Waals surface area contributed by atoms with Crippen LogP contribution in [0, 0.1) is 12.8 Å². The Morgan fingerprint density at radius 2 is 2.38 bits per heavy atom. The summed E-state index contributed by atoms with van der Waals surface area (Å²) in [6.45, 7) is 4.30. The van der Waals surface area contributed by atoms with Gasteiger partial charge in [0.15, 0.2) is 0 Å². The highest BCUT2D eigenvalue weighted by molar-refractivity contribution is 5.93. The summed E-state index contributed by atoms with van der Waals surface area (Å²) in [6, 6.07) is 0. The van der Waals surface area contributed by atoms with Crippen LogP contribution in [0.2, 0.25) is 0 Å². The molecule has 1 aromatic heterocycles. The van der Waals surface area contributed by atoms with Crippen molar-refractivity contribution in [3.8, 4) is 0 Å². The quantitative estimate of drug-likeness (QED) is 0.785. The van der Waals surface area contributed by atoms with E-state index in [2.05, 4.69) is 10.4 Å². The van der Waals surface area contributed by atoms with E-state index in [0.717, 1.165) is 24.2 Å². The summed E-state index contributed by atoms with van der Waals surface area (Å²) in [7, 11) is 1.83. The third-order valence-electron chi connectivity index (χ3n) is 2.56. The predicted molar refractivity (Wildman–Crippen MR) is 64.0 cm³/mol. The second kappa shape index (κ2) is 5.65. The first-order chi connectivity index (χ1) is 7.58. The average Bonchev–Trinajstić information content (AvgIpc) is 2.53. The molecule has 0 aliphatic heterocycles. The van der Waals surface area contributed by atoms with Crippen LogP contribution < -0.4 is 11.1 Å². The topological polar surface area (TPSA) is 72.9 Å². The molecule has 1 atom stereocenters. The lowest BCUT2D eigenvalue weighted by molar-refractivity contribution is -0.119. The molecule has 0 aliphatic rings. The Balaban J connectivity index is 2.66. The number of carbonyl (C=O) groups is 1. The largest absolute Gasteiger partial charge is 0.330 e. The van der Waals surface area contributed by atoms with Crippen LogP contribution in [0.1, 0.15) is 25.5 Å². The molecule has 1 heterocycles. The van der Waals surface area contributed by atoms with E-state index in [9.17, 15) is 4.79 Å². The first-order valence-corrected chi connectivity index (χ1v) is 5.59. The number of rotatable bonds is 5. The van der Waals surface area contributed by atoms with Crippen molar-refractivity contribution in [2.75, 3.05) is 11.9 Å². The Morgan fingerprint density at radius 3 is 2.81 bits per heavy atom. The van der Waals surface area contributed by atoms with Gasteiger partial charge in [0.2, 0.25) is 5.91 Å². The van der Waals surface area contributed by atoms with E-state index in [-0.39, 0.29) is 11.8 Å². The van der Waals surface area contributed by atoms with Crippen molar-refractivity contribution in [1.29, 1.82) is 0 Å². The maximum Gasteiger partial charge on any atom is 0.228 e. The van der Waals surface area contributed by atoms with Gasteiger partial charge in [0, 0.05) is 19.8 Å². The van der Waals surface area contributed by atoms with Crippen molar-refractivity contribution in [3.05, 3.63) is 11.9 Å². The highest BCUT2D eigenvalue weighted by Gasteiger charge is 2.17. The number of hydrogen-bond acceptors (Lipinski definition) is 3. The molecule has 0 spiro atoms. The monoisotopic (exact) mass is 224 g/mol. The second-order valence-electron chi connectivity index (χ2n) is 4.01. The molecular formula is C11H20N4O. The van der Waals surface area contributed by atoms with Crippen LogP contribution in [0.25, 0.3) is 0 Å². The van der Waals surface area contributed by atoms with Crippen LogP contribution in [0.4, 0.5) is 5.69 Å². The van der Waals surface area contributed by atoms with Gasteiger partial charge in [-0.15, -0.1) is 0 Å². The second-order valence-corrected chi connectivity index (χ2v) is 4.01. The number of nitrogens with two attached hydrogens (primary N) is 1. The van der Waals surface area contributed by atoms with E-state index in [1.807, 2.05) is 20.9 Å². The minimum Gasteiger partial charge on any atom is -0.330 e. The average molecular weight is 224 g/mol. The third kappa shape index (κ3) is 3.06. The Hall–Kier alpha value is -1.36. The van der Waals surface area contributed by atoms with E-state index >= 15 is 0 Å². The van der Waals surface area contributed by atoms with Gasteiger partial charge >= 0.3 is 0 Å². The zero-order chi connectivity index (χ0) is 12.1. The molecule has 16 heavy (non-hydrogen) atoms. The lowest BCUT2D eigenvalue weighted by atomic mass is 10.0. The van der Waals surface area contributed by atoms with Crippen LogP contribution in [0.3, 0.4) is 0 Å². The van der Waals surface area contributed by atoms with Gasteiger partial charge in [0.1, 0.15) is 0 Å². The highest BCUT2D eigenvalue weighted by Crippen LogP contribution is 2.14. The summed E-state index contributed by atoms with van der Waals surface area (Å²) in [6.07, 6.45) is 3.58. The zero-order valence-corrected chi connectivity index (χ0v) is 10.2. The Morgan fingerprint density at radius 1 is 1.69 bits per heavy atom. The minimum absolute atomic E-state index is 0.0135. The molecule has 0 radical (unpaired) electrons. The third-order valence-corrected chi connectivity index (χ3v) is 2.56. The Bertz CT molecular complexity index is 359. The van der Waals surface area contributed by atoms with Crippen molar-refractivity contribution in [1.82, 2.24) is 9.78 Å². The van der Waals surface area contributed by atoms with Crippen LogP contribution >= 0.6 is 0 Å². The van der Waals surface area contributed by atoms with Gasteiger partial charge in [-0.05, 0) is 13.3 Å². The van der Waals surface area contributed by atoms with Gasteiger partial charge in [0.25, 0.3) is 0 Å². The number of hydrogen-bond donors (Lipinski definition) is 2. The molecule has 0 fully saturated rings. The number of nitrogens with zero attached hydrogens (tertiary/aromatic N) is 2. The molecule has 90 valence electrons. The summed E-state index contributed by atoms with van der Waals surface area (Å²) < 4.78 is 1.68. The summed E-state index contributed by atoms with van der Waals surface area (Å²) in [5.41, 5.74) is 7.16. The van der Waals surface area contributed by atoms with Gasteiger partial charge in [0.05, 0.1) is 17.3 Å². The molecule has 0 bridgehead atoms. The highest BCUT2D eigenvalue weighted by atomic mass is 16.1. The lowest BCUT2D eigenvalue weighted by Crippen LogP contribution is -2.29. The van der Waals surface area contributed by atoms with Gasteiger partial charge < -0.3 is 11.1 Å². The first kappa shape index (κ1) is 12.7. The van der Waals surface area contributed by atoms with Gasteiger partial charge in [-0.1, -0.05) is 13.3 Å². The number of anilines is 1. The molecule has 1 unspecified atom stereocenters. The van der Waals surface area contributed by atoms with Crippen LogP contribution in [-0.4, -0.2) is 22.2 Å². The number of aryl methyl sites for hydroxylation is 2. The number of aromatic nitrogens is 2. The van der Waals surface area contributed by atoms with Gasteiger partial charge in [-0.25, -0.2) is 0 Å². The minimum atomic E-state index is -0.107. The van der Waals surface area contributed by atoms with E-state index in [1.165, 1.54) is 0 Å². The predicted octanol–water partition coefficient (Wildman–Crippen LogP) is 1.04. The molecule has 0 saturated carbocycles. The molecular weight excluding hydrogens is 204 g/mol. The fourth-order valence-corrected chi connectivity index (χ4v) is 1.66. The normalized spacial score (nSPS) is 12.5. The standard InChI is InChI=1S/C11H20N4O/c1-4-5-9(6-12)11(16)13-10-7-15(3)14-8(10)2/h7,9H,4-6,12H2,1-3H3,(H,13,16). The smallest absolute Gasteiger partial charge is 0.228 e. The molecule has 5 heteroatoms. The van der Waals surface area contributed by atoms with E-state index in [0.29, 0.717) is 6.54 Å². The molecule has 0 saturated heterocycles. The Kier molecular flexibility index (Phi) is 4.49. The van der Waals surface area contributed by atoms with Crippen molar-refractivity contribution in [2.45, 2.75) is 26.7 Å². The summed E-state index contributed by atoms with van der Waals surface area (Å²) in [5, 5.41) is 7.03. The molecule has 0 aromatic carbocycles. The molecule has 1 rings (SSSR count). The van der Waals surface area contributed by atoms with Gasteiger partial charge in [-0.2, -0.15) is 5.10 Å². The molecule has 1 amide bonds. The van der Waals surface area contributed by atoms with Crippen molar-refractivity contribution in [3.63, 3.8) is 0 Å². The van der Waals surface area contributed by atoms with E-state index in [1.54, 1.807) is 10.9 Å². The Labute approximate surface area is 96.0 Å². The first-order valence-electron chi connectivity index (χ1n) is 5.59. The van der Waals surface area contributed by atoms with Gasteiger partial charge in [-0.3, -0.25) is 9.48 Å². The van der Waals surface area contributed by atoms with Crippen molar-refractivity contribution in [2.24, 2.45) is 18.7 Å². The summed E-state index contributed by atoms with van der Waals surface area (Å²) in [5.74, 6) is -0.120. The van der Waals surface area contributed by atoms with E-state index in [4.69, 9.17) is 5.73 Å². The van der Waals surface area contributed by atoms with Crippen molar-refractivity contribution < 1.29 is 4.79 Å². The van der Waals surface area contributed by atoms with E-state index < -0.39 is 0 Å². The summed E-state index contributed by atoms with van der Waals surface area (Å²) >= 11 is 0. The SMILES string of the molecule is CCCC(CN)C(=O)Nc1cn(C)nc1C. The molecule has 5 nitrogen and oxygen atoms in total. The lowest BCUT2D eigenvalue weighted by Gasteiger charge is -2.13. The maximum absolute atomic E-state index is 11.9. The fourth-order valence-electron chi connectivity index (χ4n) is 1.66. The van der Waals surface area contributed by atoms with Crippen LogP contribution in [0.5, 0.6) is 0 Å². The molecule has 0 aliphatic carbocycles. The fraction of sp³-hybridized carbons (Fsp3) is 0.636. The molecule has 1 aromatic rings. The van der Waals surface area contributed by atoms with Crippen molar-refractivity contribution >= 4 is 11.6 Å². The zero-order valence-electron chi connectivity index (χ0n) is 10.2. The summed E-state index contributed by atoms with van der Waals surface area (Å²) in [4.78, 5) is 11.9. The number of carbonyl (C=O) groups excluding carboxylic acids is 1. The number of nitrogens with one attached hydrogen (secondary N) is 1. The number of amides is 1.